The molecule has 1 saturated heterocycles. The molecule has 3 rings (SSSR count). The van der Waals surface area contributed by atoms with Gasteiger partial charge in [-0.25, -0.2) is 0 Å². The molecule has 0 saturated carbocycles. The van der Waals surface area contributed by atoms with Crippen molar-refractivity contribution in [3.05, 3.63) is 54.6 Å². The Bertz CT molecular complexity index is 746. The lowest BCUT2D eigenvalue weighted by Crippen LogP contribution is -2.44. The van der Waals surface area contributed by atoms with Gasteiger partial charge in [0.05, 0.1) is 12.7 Å². The molecule has 7 nitrogen and oxygen atoms in total. The Balaban J connectivity index is 1.41. The van der Waals surface area contributed by atoms with Crippen molar-refractivity contribution in [2.24, 2.45) is 5.92 Å². The first-order valence-electron chi connectivity index (χ1n) is 9.17. The van der Waals surface area contributed by atoms with Gasteiger partial charge in [-0.2, -0.15) is 0 Å². The number of hydrogen-bond acceptors (Lipinski definition) is 5. The van der Waals surface area contributed by atoms with E-state index < -0.39 is 0 Å². The van der Waals surface area contributed by atoms with Crippen molar-refractivity contribution >= 4 is 11.8 Å². The maximum absolute atomic E-state index is 12.4. The van der Waals surface area contributed by atoms with Gasteiger partial charge in [0.2, 0.25) is 5.91 Å². The monoisotopic (exact) mass is 368 g/mol. The predicted octanol–water partition coefficient (Wildman–Crippen LogP) is 1.91. The number of carbonyl (C=O) groups is 2. The molecule has 7 heteroatoms. The van der Waals surface area contributed by atoms with Gasteiger partial charge in [0.15, 0.2) is 0 Å². The average molecular weight is 368 g/mol. The molecule has 2 aromatic heterocycles. The highest BCUT2D eigenvalue weighted by Gasteiger charge is 2.27. The van der Waals surface area contributed by atoms with Crippen LogP contribution in [-0.2, 0) is 4.79 Å². The van der Waals surface area contributed by atoms with E-state index in [0.29, 0.717) is 43.8 Å². The largest absolute Gasteiger partial charge is 0.487 e. The molecule has 2 amide bonds. The van der Waals surface area contributed by atoms with Crippen LogP contribution in [0.15, 0.2) is 49.1 Å². The second kappa shape index (κ2) is 9.12. The van der Waals surface area contributed by atoms with Crippen molar-refractivity contribution < 1.29 is 14.3 Å². The molecule has 0 aromatic carbocycles. The lowest BCUT2D eigenvalue weighted by atomic mass is 9.95. The third-order valence-electron chi connectivity index (χ3n) is 4.62. The van der Waals surface area contributed by atoms with Crippen LogP contribution in [0.3, 0.4) is 0 Å². The zero-order chi connectivity index (χ0) is 19.1. The van der Waals surface area contributed by atoms with Crippen molar-refractivity contribution in [2.75, 3.05) is 19.6 Å². The van der Waals surface area contributed by atoms with E-state index in [2.05, 4.69) is 15.3 Å². The summed E-state index contributed by atoms with van der Waals surface area (Å²) in [6, 6.07) is 7.07. The van der Waals surface area contributed by atoms with Gasteiger partial charge in [-0.05, 0) is 44.0 Å². The summed E-state index contributed by atoms with van der Waals surface area (Å²) < 4.78 is 5.71. The molecule has 3 heterocycles. The molecule has 1 atom stereocenters. The van der Waals surface area contributed by atoms with Gasteiger partial charge in [-0.15, -0.1) is 0 Å². The third-order valence-corrected chi connectivity index (χ3v) is 4.62. The van der Waals surface area contributed by atoms with Crippen LogP contribution in [0.2, 0.25) is 0 Å². The molecular formula is C20H24N4O3. The molecule has 0 bridgehead atoms. The average Bonchev–Trinajstić information content (AvgIpc) is 2.73. The maximum Gasteiger partial charge on any atom is 0.253 e. The minimum atomic E-state index is -0.147. The topological polar surface area (TPSA) is 84.4 Å². The molecule has 1 N–H and O–H groups in total. The Morgan fingerprint density at radius 2 is 1.93 bits per heavy atom. The second-order valence-corrected chi connectivity index (χ2v) is 6.66. The van der Waals surface area contributed by atoms with Gasteiger partial charge in [0.1, 0.15) is 11.9 Å². The molecule has 1 fully saturated rings. The molecule has 0 unspecified atom stereocenters. The van der Waals surface area contributed by atoms with E-state index in [1.807, 2.05) is 19.1 Å². The zero-order valence-corrected chi connectivity index (χ0v) is 15.4. The SMILES string of the molecule is C[C@@H](CNC(=O)C1CCN(C(=O)c2ccncc2)CC1)Oc1cccnc1. The van der Waals surface area contributed by atoms with E-state index >= 15 is 0 Å². The summed E-state index contributed by atoms with van der Waals surface area (Å²) in [7, 11) is 0. The molecule has 0 spiro atoms. The number of nitrogens with zero attached hydrogens (tertiary/aromatic N) is 3. The van der Waals surface area contributed by atoms with E-state index in [1.54, 1.807) is 41.8 Å². The quantitative estimate of drug-likeness (QED) is 0.842. The summed E-state index contributed by atoms with van der Waals surface area (Å²) in [6.07, 6.45) is 7.75. The van der Waals surface area contributed by atoms with Crippen LogP contribution < -0.4 is 10.1 Å². The Kier molecular flexibility index (Phi) is 6.35. The normalized spacial score (nSPS) is 15.8. The van der Waals surface area contributed by atoms with Crippen LogP contribution in [-0.4, -0.2) is 52.4 Å². The zero-order valence-electron chi connectivity index (χ0n) is 15.4. The van der Waals surface area contributed by atoms with Gasteiger partial charge in [-0.1, -0.05) is 0 Å². The van der Waals surface area contributed by atoms with Gasteiger partial charge in [0, 0.05) is 43.2 Å². The molecule has 0 radical (unpaired) electrons. The molecule has 142 valence electrons. The van der Waals surface area contributed by atoms with Crippen molar-refractivity contribution in [2.45, 2.75) is 25.9 Å². The molecule has 1 aliphatic rings. The Labute approximate surface area is 158 Å². The lowest BCUT2D eigenvalue weighted by molar-refractivity contribution is -0.126. The first-order valence-corrected chi connectivity index (χ1v) is 9.17. The number of ether oxygens (including phenoxy) is 1. The Morgan fingerprint density at radius 1 is 1.19 bits per heavy atom. The smallest absolute Gasteiger partial charge is 0.253 e. The first kappa shape index (κ1) is 18.8. The fourth-order valence-corrected chi connectivity index (χ4v) is 3.10. The van der Waals surface area contributed by atoms with E-state index in [0.717, 1.165) is 0 Å². The highest BCUT2D eigenvalue weighted by molar-refractivity contribution is 5.94. The highest BCUT2D eigenvalue weighted by atomic mass is 16.5. The number of carbonyl (C=O) groups excluding carboxylic acids is 2. The summed E-state index contributed by atoms with van der Waals surface area (Å²) in [4.78, 5) is 34.6. The molecule has 27 heavy (non-hydrogen) atoms. The van der Waals surface area contributed by atoms with E-state index in [-0.39, 0.29) is 23.8 Å². The van der Waals surface area contributed by atoms with Gasteiger partial charge < -0.3 is 15.0 Å². The van der Waals surface area contributed by atoms with Crippen molar-refractivity contribution in [3.63, 3.8) is 0 Å². The fraction of sp³-hybridized carbons (Fsp3) is 0.400. The number of piperidine rings is 1. The minimum Gasteiger partial charge on any atom is -0.487 e. The number of nitrogens with one attached hydrogen (secondary N) is 1. The highest BCUT2D eigenvalue weighted by Crippen LogP contribution is 2.19. The van der Waals surface area contributed by atoms with Crippen LogP contribution in [0.1, 0.15) is 30.1 Å². The number of likely N-dealkylation sites (tertiary alicyclic amines) is 1. The van der Waals surface area contributed by atoms with Crippen LogP contribution in [0.4, 0.5) is 0 Å². The number of amides is 2. The van der Waals surface area contributed by atoms with Crippen molar-refractivity contribution in [1.29, 1.82) is 0 Å². The van der Waals surface area contributed by atoms with Crippen LogP contribution >= 0.6 is 0 Å². The second-order valence-electron chi connectivity index (χ2n) is 6.66. The van der Waals surface area contributed by atoms with E-state index in [1.165, 1.54) is 0 Å². The molecule has 0 aliphatic carbocycles. The summed E-state index contributed by atoms with van der Waals surface area (Å²) in [6.45, 7) is 3.51. The van der Waals surface area contributed by atoms with Crippen molar-refractivity contribution in [1.82, 2.24) is 20.2 Å². The fourth-order valence-electron chi connectivity index (χ4n) is 3.10. The van der Waals surface area contributed by atoms with E-state index in [4.69, 9.17) is 4.74 Å². The number of aromatic nitrogens is 2. The maximum atomic E-state index is 12.4. The van der Waals surface area contributed by atoms with Gasteiger partial charge in [0.25, 0.3) is 5.91 Å². The Morgan fingerprint density at radius 3 is 2.59 bits per heavy atom. The predicted molar refractivity (Wildman–Crippen MR) is 100 cm³/mol. The molecular weight excluding hydrogens is 344 g/mol. The van der Waals surface area contributed by atoms with Crippen LogP contribution in [0.25, 0.3) is 0 Å². The summed E-state index contributed by atoms with van der Waals surface area (Å²) in [5.41, 5.74) is 0.634. The Hall–Kier alpha value is -2.96. The van der Waals surface area contributed by atoms with Gasteiger partial charge >= 0.3 is 0 Å². The molecule has 1 aliphatic heterocycles. The van der Waals surface area contributed by atoms with E-state index in [9.17, 15) is 9.59 Å². The minimum absolute atomic E-state index is 0.00486. The molecule has 2 aromatic rings. The number of hydrogen-bond donors (Lipinski definition) is 1. The van der Waals surface area contributed by atoms with Crippen molar-refractivity contribution in [3.8, 4) is 5.75 Å². The summed E-state index contributed by atoms with van der Waals surface area (Å²) >= 11 is 0. The van der Waals surface area contributed by atoms with Crippen LogP contribution in [0, 0.1) is 5.92 Å². The summed E-state index contributed by atoms with van der Waals surface area (Å²) in [5, 5.41) is 2.95. The standard InChI is InChI=1S/C20H24N4O3/c1-15(27-18-3-2-8-22-14-18)13-23-19(25)16-6-11-24(12-7-16)20(26)17-4-9-21-10-5-17/h2-5,8-10,14-16H,6-7,11-13H2,1H3,(H,23,25)/t15-/m0/s1. The number of pyridine rings is 2. The van der Waals surface area contributed by atoms with Gasteiger partial charge in [-0.3, -0.25) is 19.6 Å². The van der Waals surface area contributed by atoms with Crippen LogP contribution in [0.5, 0.6) is 5.75 Å². The third kappa shape index (κ3) is 5.26. The summed E-state index contributed by atoms with van der Waals surface area (Å²) in [5.74, 6) is 0.627. The first-order chi connectivity index (χ1) is 13.1. The number of rotatable bonds is 6. The lowest BCUT2D eigenvalue weighted by Gasteiger charge is -2.31.